The summed E-state index contributed by atoms with van der Waals surface area (Å²) in [7, 11) is 0. The summed E-state index contributed by atoms with van der Waals surface area (Å²) < 4.78 is 26.7. The van der Waals surface area contributed by atoms with Gasteiger partial charge in [-0.2, -0.15) is 0 Å². The summed E-state index contributed by atoms with van der Waals surface area (Å²) >= 11 is 0. The van der Waals surface area contributed by atoms with E-state index < -0.39 is 23.2 Å². The molecule has 2 unspecified atom stereocenters. The van der Waals surface area contributed by atoms with E-state index in [1.165, 1.54) is 6.92 Å². The molecule has 0 saturated heterocycles. The number of rotatable bonds is 2. The molecule has 1 N–H and O–H groups in total. The number of aliphatic carboxylic acids is 1. The zero-order chi connectivity index (χ0) is 10.4. The molecule has 0 aromatic rings. The van der Waals surface area contributed by atoms with Gasteiger partial charge < -0.3 is 5.11 Å². The van der Waals surface area contributed by atoms with E-state index in [0.717, 1.165) is 0 Å². The molecule has 1 aliphatic rings. The first-order chi connectivity index (χ1) is 5.73. The second-order valence-electron chi connectivity index (χ2n) is 4.29. The number of carboxylic acids is 1. The van der Waals surface area contributed by atoms with Crippen LogP contribution >= 0.6 is 0 Å². The number of carbonyl (C=O) groups is 1. The molecule has 0 aromatic carbocycles. The topological polar surface area (TPSA) is 37.3 Å². The lowest BCUT2D eigenvalue weighted by Crippen LogP contribution is -2.61. The fourth-order valence-electron chi connectivity index (χ4n) is 1.82. The maximum atomic E-state index is 13.4. The van der Waals surface area contributed by atoms with E-state index in [4.69, 9.17) is 5.11 Å². The fraction of sp³-hybridized carbons (Fsp3) is 0.889. The van der Waals surface area contributed by atoms with Gasteiger partial charge >= 0.3 is 5.97 Å². The van der Waals surface area contributed by atoms with E-state index in [1.807, 2.05) is 0 Å². The predicted molar refractivity (Wildman–Crippen MR) is 43.6 cm³/mol. The third kappa shape index (κ3) is 1.15. The van der Waals surface area contributed by atoms with Gasteiger partial charge in [0, 0.05) is 5.41 Å². The summed E-state index contributed by atoms with van der Waals surface area (Å²) in [6, 6.07) is 0. The highest BCUT2D eigenvalue weighted by Crippen LogP contribution is 2.61. The number of carboxylic acid groups (broad SMARTS) is 1. The van der Waals surface area contributed by atoms with Crippen LogP contribution in [0.3, 0.4) is 0 Å². The van der Waals surface area contributed by atoms with Crippen molar-refractivity contribution in [2.45, 2.75) is 33.1 Å². The Morgan fingerprint density at radius 1 is 1.54 bits per heavy atom. The lowest BCUT2D eigenvalue weighted by molar-refractivity contribution is -0.260. The fourth-order valence-corrected chi connectivity index (χ4v) is 1.82. The highest BCUT2D eigenvalue weighted by molar-refractivity contribution is 5.73. The van der Waals surface area contributed by atoms with Crippen molar-refractivity contribution in [3.8, 4) is 0 Å². The minimum atomic E-state index is -3.06. The molecule has 1 aliphatic carbocycles. The first-order valence-corrected chi connectivity index (χ1v) is 4.34. The standard InChI is InChI=1S/C9H14F2O2/c1-5(2)8(3)4-6(7(12)13)9(8,10)11/h5-6H,4H2,1-3H3,(H,12,13). The molecule has 1 rings (SSSR count). The minimum absolute atomic E-state index is 0.0764. The van der Waals surface area contributed by atoms with Crippen molar-refractivity contribution < 1.29 is 18.7 Å². The van der Waals surface area contributed by atoms with Crippen molar-refractivity contribution in [3.63, 3.8) is 0 Å². The van der Waals surface area contributed by atoms with Gasteiger partial charge in [-0.25, -0.2) is 8.78 Å². The van der Waals surface area contributed by atoms with Crippen LogP contribution in [0.15, 0.2) is 0 Å². The molecule has 76 valence electrons. The van der Waals surface area contributed by atoms with Crippen LogP contribution in [0.4, 0.5) is 8.78 Å². The summed E-state index contributed by atoms with van der Waals surface area (Å²) in [5.74, 6) is -6.13. The Bertz CT molecular complexity index is 238. The predicted octanol–water partition coefficient (Wildman–Crippen LogP) is 2.39. The largest absolute Gasteiger partial charge is 0.481 e. The Morgan fingerprint density at radius 2 is 2.00 bits per heavy atom. The molecule has 2 atom stereocenters. The molecular weight excluding hydrogens is 178 g/mol. The normalized spacial score (nSPS) is 37.2. The first-order valence-electron chi connectivity index (χ1n) is 4.34. The van der Waals surface area contributed by atoms with Crippen LogP contribution in [-0.2, 0) is 4.79 Å². The van der Waals surface area contributed by atoms with Crippen molar-refractivity contribution in [2.75, 3.05) is 0 Å². The number of hydrogen-bond acceptors (Lipinski definition) is 1. The van der Waals surface area contributed by atoms with Crippen molar-refractivity contribution in [1.82, 2.24) is 0 Å². The van der Waals surface area contributed by atoms with E-state index >= 15 is 0 Å². The summed E-state index contributed by atoms with van der Waals surface area (Å²) in [4.78, 5) is 10.4. The van der Waals surface area contributed by atoms with Crippen molar-refractivity contribution in [1.29, 1.82) is 0 Å². The first kappa shape index (κ1) is 10.4. The van der Waals surface area contributed by atoms with Gasteiger partial charge in [0.2, 0.25) is 0 Å². The average molecular weight is 192 g/mol. The van der Waals surface area contributed by atoms with Crippen molar-refractivity contribution >= 4 is 5.97 Å². The molecule has 0 spiro atoms. The quantitative estimate of drug-likeness (QED) is 0.729. The highest BCUT2D eigenvalue weighted by atomic mass is 19.3. The summed E-state index contributed by atoms with van der Waals surface area (Å²) in [6.07, 6.45) is 0.0764. The summed E-state index contributed by atoms with van der Waals surface area (Å²) in [5.41, 5.74) is -1.14. The second kappa shape index (κ2) is 2.66. The van der Waals surface area contributed by atoms with Gasteiger partial charge in [-0.1, -0.05) is 20.8 Å². The van der Waals surface area contributed by atoms with Gasteiger partial charge in [-0.15, -0.1) is 0 Å². The van der Waals surface area contributed by atoms with Crippen molar-refractivity contribution in [2.24, 2.45) is 17.3 Å². The zero-order valence-electron chi connectivity index (χ0n) is 7.97. The molecule has 2 nitrogen and oxygen atoms in total. The summed E-state index contributed by atoms with van der Waals surface area (Å²) in [6.45, 7) is 4.86. The molecule has 0 amide bonds. The Kier molecular flexibility index (Phi) is 2.13. The molecule has 0 aromatic heterocycles. The van der Waals surface area contributed by atoms with E-state index in [-0.39, 0.29) is 12.3 Å². The van der Waals surface area contributed by atoms with E-state index in [0.29, 0.717) is 0 Å². The van der Waals surface area contributed by atoms with Gasteiger partial charge in [0.1, 0.15) is 5.92 Å². The zero-order valence-corrected chi connectivity index (χ0v) is 7.97. The second-order valence-corrected chi connectivity index (χ2v) is 4.29. The molecule has 1 saturated carbocycles. The third-order valence-electron chi connectivity index (χ3n) is 3.40. The molecule has 0 aliphatic heterocycles. The summed E-state index contributed by atoms with van der Waals surface area (Å²) in [5, 5.41) is 8.50. The molecule has 1 fully saturated rings. The third-order valence-corrected chi connectivity index (χ3v) is 3.40. The number of alkyl halides is 2. The minimum Gasteiger partial charge on any atom is -0.481 e. The lowest BCUT2D eigenvalue weighted by atomic mass is 9.54. The van der Waals surface area contributed by atoms with Crippen LogP contribution in [0, 0.1) is 17.3 Å². The molecule has 0 radical (unpaired) electrons. The number of halogens is 2. The average Bonchev–Trinajstić information content (AvgIpc) is 1.98. The molecular formula is C9H14F2O2. The molecule has 0 bridgehead atoms. The van der Waals surface area contributed by atoms with Crippen LogP contribution in [0.2, 0.25) is 0 Å². The van der Waals surface area contributed by atoms with E-state index in [9.17, 15) is 13.6 Å². The lowest BCUT2D eigenvalue weighted by Gasteiger charge is -2.53. The van der Waals surface area contributed by atoms with E-state index in [1.54, 1.807) is 13.8 Å². The van der Waals surface area contributed by atoms with Gasteiger partial charge in [-0.3, -0.25) is 4.79 Å². The maximum absolute atomic E-state index is 13.4. The van der Waals surface area contributed by atoms with Gasteiger partial charge in [-0.05, 0) is 12.3 Å². The van der Waals surface area contributed by atoms with Crippen LogP contribution in [0.1, 0.15) is 27.2 Å². The van der Waals surface area contributed by atoms with Gasteiger partial charge in [0.25, 0.3) is 5.92 Å². The molecule has 4 heteroatoms. The van der Waals surface area contributed by atoms with Crippen LogP contribution in [-0.4, -0.2) is 17.0 Å². The van der Waals surface area contributed by atoms with Crippen molar-refractivity contribution in [3.05, 3.63) is 0 Å². The van der Waals surface area contributed by atoms with Crippen LogP contribution in [0.25, 0.3) is 0 Å². The molecule has 13 heavy (non-hydrogen) atoms. The smallest absolute Gasteiger partial charge is 0.312 e. The Labute approximate surface area is 75.9 Å². The SMILES string of the molecule is CC(C)C1(C)CC(C(=O)O)C1(F)F. The number of hydrogen-bond donors (Lipinski definition) is 1. The van der Waals surface area contributed by atoms with Gasteiger partial charge in [0.15, 0.2) is 0 Å². The Balaban J connectivity index is 2.86. The van der Waals surface area contributed by atoms with E-state index in [2.05, 4.69) is 0 Å². The van der Waals surface area contributed by atoms with Crippen LogP contribution < -0.4 is 0 Å². The Hall–Kier alpha value is -0.670. The Morgan fingerprint density at radius 3 is 2.23 bits per heavy atom. The maximum Gasteiger partial charge on any atom is 0.312 e. The van der Waals surface area contributed by atoms with Crippen LogP contribution in [0.5, 0.6) is 0 Å². The van der Waals surface area contributed by atoms with Gasteiger partial charge in [0.05, 0.1) is 0 Å². The monoisotopic (exact) mass is 192 g/mol. The molecule has 0 heterocycles. The highest BCUT2D eigenvalue weighted by Gasteiger charge is 2.69.